The van der Waals surface area contributed by atoms with Gasteiger partial charge in [-0.25, -0.2) is 12.8 Å². The summed E-state index contributed by atoms with van der Waals surface area (Å²) in [5, 5.41) is 7.01. The third-order valence-electron chi connectivity index (χ3n) is 6.45. The molecule has 1 saturated heterocycles. The Balaban J connectivity index is 1.42. The molecule has 8 heteroatoms. The van der Waals surface area contributed by atoms with Crippen LogP contribution in [-0.2, 0) is 23.0 Å². The van der Waals surface area contributed by atoms with Gasteiger partial charge >= 0.3 is 0 Å². The van der Waals surface area contributed by atoms with Gasteiger partial charge in [0.05, 0.1) is 17.0 Å². The lowest BCUT2D eigenvalue weighted by atomic mass is 9.85. The molecule has 2 aromatic carbocycles. The molecule has 2 N–H and O–H groups in total. The van der Waals surface area contributed by atoms with Crippen LogP contribution in [-0.4, -0.2) is 50.3 Å². The van der Waals surface area contributed by atoms with E-state index in [0.29, 0.717) is 49.8 Å². The molecule has 0 atom stereocenters. The molecule has 0 unspecified atom stereocenters. The molecule has 0 aliphatic carbocycles. The van der Waals surface area contributed by atoms with Gasteiger partial charge in [0.2, 0.25) is 10.0 Å². The van der Waals surface area contributed by atoms with Crippen molar-refractivity contribution < 1.29 is 12.8 Å². The minimum atomic E-state index is -3.53. The minimum Gasteiger partial charge on any atom is -0.368 e. The Morgan fingerprint density at radius 1 is 1.06 bits per heavy atom. The minimum absolute atomic E-state index is 0.255. The first-order valence-corrected chi connectivity index (χ1v) is 13.1. The van der Waals surface area contributed by atoms with E-state index in [0.717, 1.165) is 29.9 Å². The van der Waals surface area contributed by atoms with E-state index in [2.05, 4.69) is 24.5 Å². The van der Waals surface area contributed by atoms with E-state index < -0.39 is 10.0 Å². The molecular weight excluding hydrogens is 439 g/mol. The van der Waals surface area contributed by atoms with Crippen molar-refractivity contribution in [1.29, 1.82) is 0 Å². The lowest BCUT2D eigenvalue weighted by Gasteiger charge is -2.44. The second-order valence-corrected chi connectivity index (χ2v) is 11.3. The Hall–Kier alpha value is -2.29. The van der Waals surface area contributed by atoms with Gasteiger partial charge in [0.15, 0.2) is 0 Å². The van der Waals surface area contributed by atoms with Crippen molar-refractivity contribution >= 4 is 15.9 Å². The number of nitrogens with zero attached hydrogens (tertiary/aromatic N) is 2. The zero-order valence-corrected chi connectivity index (χ0v) is 20.2. The highest BCUT2D eigenvalue weighted by Gasteiger charge is 2.43. The molecule has 6 nitrogen and oxygen atoms in total. The standard InChI is InChI=1S/C25H33FN4O2S/c1-19(2)17-20-5-9-23(10-6-20)33(31,32)30-15-11-25(12-16-30)24(27-13-14-29-25)28-18-21-3-7-22(26)8-4-21/h3-10,19,29H,11-18H2,1-2H3,(H,27,28). The SMILES string of the molecule is CC(C)Cc1ccc(S(=O)(=O)N2CCC3(CC2)NCCN=C3NCc2ccc(F)cc2)cc1. The van der Waals surface area contributed by atoms with Gasteiger partial charge in [0.1, 0.15) is 11.7 Å². The molecule has 0 radical (unpaired) electrons. The summed E-state index contributed by atoms with van der Waals surface area (Å²) in [4.78, 5) is 5.07. The number of amidine groups is 1. The van der Waals surface area contributed by atoms with Gasteiger partial charge in [-0.2, -0.15) is 4.31 Å². The van der Waals surface area contributed by atoms with Gasteiger partial charge < -0.3 is 10.6 Å². The highest BCUT2D eigenvalue weighted by Crippen LogP contribution is 2.29. The predicted molar refractivity (Wildman–Crippen MR) is 129 cm³/mol. The summed E-state index contributed by atoms with van der Waals surface area (Å²) in [5.41, 5.74) is 1.77. The molecule has 33 heavy (non-hydrogen) atoms. The highest BCUT2D eigenvalue weighted by molar-refractivity contribution is 7.89. The molecule has 2 heterocycles. The van der Waals surface area contributed by atoms with Crippen molar-refractivity contribution in [2.75, 3.05) is 26.2 Å². The number of hydrogen-bond donors (Lipinski definition) is 2. The number of piperidine rings is 1. The van der Waals surface area contributed by atoms with Crippen LogP contribution in [0.2, 0.25) is 0 Å². The summed E-state index contributed by atoms with van der Waals surface area (Å²) >= 11 is 0. The molecule has 2 aliphatic heterocycles. The second kappa shape index (κ2) is 9.91. The van der Waals surface area contributed by atoms with Gasteiger partial charge in [-0.05, 0) is 60.6 Å². The van der Waals surface area contributed by atoms with E-state index in [1.54, 1.807) is 28.6 Å². The molecule has 2 aromatic rings. The maximum absolute atomic E-state index is 13.2. The number of nitrogens with one attached hydrogen (secondary N) is 2. The van der Waals surface area contributed by atoms with Crippen molar-refractivity contribution in [3.05, 3.63) is 65.5 Å². The quantitative estimate of drug-likeness (QED) is 0.676. The summed E-state index contributed by atoms with van der Waals surface area (Å²) in [5.74, 6) is 1.14. The van der Waals surface area contributed by atoms with Crippen LogP contribution >= 0.6 is 0 Å². The molecule has 1 fully saturated rings. The largest absolute Gasteiger partial charge is 0.368 e. The smallest absolute Gasteiger partial charge is 0.243 e. The number of aliphatic imine (C=N–C) groups is 1. The monoisotopic (exact) mass is 472 g/mol. The molecule has 4 rings (SSSR count). The Morgan fingerprint density at radius 2 is 1.70 bits per heavy atom. The average Bonchev–Trinajstić information content (AvgIpc) is 2.80. The first-order valence-electron chi connectivity index (χ1n) is 11.7. The Morgan fingerprint density at radius 3 is 2.33 bits per heavy atom. The van der Waals surface area contributed by atoms with Crippen LogP contribution < -0.4 is 10.6 Å². The lowest BCUT2D eigenvalue weighted by Crippen LogP contribution is -2.64. The molecule has 0 bridgehead atoms. The summed E-state index contributed by atoms with van der Waals surface area (Å²) in [6.45, 7) is 7.16. The average molecular weight is 473 g/mol. The first-order chi connectivity index (χ1) is 15.8. The van der Waals surface area contributed by atoms with Crippen molar-refractivity contribution in [2.24, 2.45) is 10.9 Å². The molecule has 178 valence electrons. The van der Waals surface area contributed by atoms with E-state index in [1.807, 2.05) is 12.1 Å². The van der Waals surface area contributed by atoms with Gasteiger partial charge in [-0.15, -0.1) is 0 Å². The summed E-state index contributed by atoms with van der Waals surface area (Å²) in [6, 6.07) is 13.7. The van der Waals surface area contributed by atoms with Crippen molar-refractivity contribution in [3.63, 3.8) is 0 Å². The van der Waals surface area contributed by atoms with Crippen molar-refractivity contribution in [2.45, 2.75) is 50.1 Å². The third kappa shape index (κ3) is 5.45. The van der Waals surface area contributed by atoms with Crippen LogP contribution in [0.3, 0.4) is 0 Å². The second-order valence-electron chi connectivity index (χ2n) is 9.37. The maximum atomic E-state index is 13.2. The summed E-state index contributed by atoms with van der Waals surface area (Å²) in [6.07, 6.45) is 2.23. The van der Waals surface area contributed by atoms with E-state index in [4.69, 9.17) is 4.99 Å². The zero-order valence-electron chi connectivity index (χ0n) is 19.4. The van der Waals surface area contributed by atoms with Crippen LogP contribution in [0.1, 0.15) is 37.8 Å². The lowest BCUT2D eigenvalue weighted by molar-refractivity contribution is 0.241. The number of hydrogen-bond acceptors (Lipinski definition) is 5. The molecule has 0 saturated carbocycles. The normalized spacial score (nSPS) is 19.0. The van der Waals surface area contributed by atoms with E-state index in [9.17, 15) is 12.8 Å². The number of sulfonamides is 1. The topological polar surface area (TPSA) is 73.8 Å². The van der Waals surface area contributed by atoms with Crippen LogP contribution in [0.5, 0.6) is 0 Å². The van der Waals surface area contributed by atoms with E-state index in [1.165, 1.54) is 12.1 Å². The van der Waals surface area contributed by atoms with Crippen LogP contribution in [0.4, 0.5) is 4.39 Å². The van der Waals surface area contributed by atoms with E-state index >= 15 is 0 Å². The van der Waals surface area contributed by atoms with Crippen LogP contribution in [0, 0.1) is 11.7 Å². The fraction of sp³-hybridized carbons (Fsp3) is 0.480. The fourth-order valence-corrected chi connectivity index (χ4v) is 6.09. The molecule has 1 spiro atoms. The predicted octanol–water partition coefficient (Wildman–Crippen LogP) is 3.34. The number of benzene rings is 2. The van der Waals surface area contributed by atoms with Crippen LogP contribution in [0.15, 0.2) is 58.4 Å². The van der Waals surface area contributed by atoms with Gasteiger partial charge in [-0.3, -0.25) is 4.99 Å². The summed E-state index contributed by atoms with van der Waals surface area (Å²) in [7, 11) is -3.53. The maximum Gasteiger partial charge on any atom is 0.243 e. The van der Waals surface area contributed by atoms with Crippen LogP contribution in [0.25, 0.3) is 0 Å². The fourth-order valence-electron chi connectivity index (χ4n) is 4.65. The number of halogens is 1. The summed E-state index contributed by atoms with van der Waals surface area (Å²) < 4.78 is 41.3. The zero-order chi connectivity index (χ0) is 23.5. The van der Waals surface area contributed by atoms with Gasteiger partial charge in [-0.1, -0.05) is 38.1 Å². The molecule has 0 aromatic heterocycles. The van der Waals surface area contributed by atoms with Crippen molar-refractivity contribution in [1.82, 2.24) is 14.9 Å². The van der Waals surface area contributed by atoms with Gasteiger partial charge in [0, 0.05) is 26.2 Å². The molecule has 0 amide bonds. The number of rotatable bonds is 6. The van der Waals surface area contributed by atoms with E-state index in [-0.39, 0.29) is 11.4 Å². The van der Waals surface area contributed by atoms with Crippen molar-refractivity contribution in [3.8, 4) is 0 Å². The third-order valence-corrected chi connectivity index (χ3v) is 8.37. The molecular formula is C25H33FN4O2S. The highest BCUT2D eigenvalue weighted by atomic mass is 32.2. The van der Waals surface area contributed by atoms with Gasteiger partial charge in [0.25, 0.3) is 0 Å². The Labute approximate surface area is 196 Å². The first kappa shape index (κ1) is 23.9. The molecule has 2 aliphatic rings. The Bertz CT molecular complexity index is 1070. The Kier molecular flexibility index (Phi) is 7.16.